The SMILES string of the molecule is O=S(=O)(F)Cc1ccc(F)c(Cl)c1F. The van der Waals surface area contributed by atoms with Crippen LogP contribution in [0.1, 0.15) is 5.56 Å². The van der Waals surface area contributed by atoms with Gasteiger partial charge in [-0.3, -0.25) is 0 Å². The molecule has 78 valence electrons. The van der Waals surface area contributed by atoms with Gasteiger partial charge in [-0.2, -0.15) is 8.42 Å². The number of hydrogen-bond acceptors (Lipinski definition) is 2. The van der Waals surface area contributed by atoms with Gasteiger partial charge in [0.2, 0.25) is 0 Å². The molecule has 1 aromatic rings. The largest absolute Gasteiger partial charge is 0.306 e. The van der Waals surface area contributed by atoms with Crippen molar-refractivity contribution in [2.45, 2.75) is 5.75 Å². The fourth-order valence-electron chi connectivity index (χ4n) is 0.863. The minimum atomic E-state index is -4.85. The van der Waals surface area contributed by atoms with Crippen LogP contribution in [-0.4, -0.2) is 8.42 Å². The van der Waals surface area contributed by atoms with Crippen LogP contribution in [0.2, 0.25) is 5.02 Å². The summed E-state index contributed by atoms with van der Waals surface area (Å²) >= 11 is 5.14. The number of benzene rings is 1. The van der Waals surface area contributed by atoms with E-state index in [4.69, 9.17) is 11.6 Å². The van der Waals surface area contributed by atoms with E-state index in [0.29, 0.717) is 0 Å². The van der Waals surface area contributed by atoms with Gasteiger partial charge in [0.15, 0.2) is 0 Å². The lowest BCUT2D eigenvalue weighted by Gasteiger charge is -2.02. The fourth-order valence-corrected chi connectivity index (χ4v) is 1.64. The van der Waals surface area contributed by atoms with Crippen LogP contribution in [0, 0.1) is 11.6 Å². The van der Waals surface area contributed by atoms with Crippen molar-refractivity contribution >= 4 is 21.8 Å². The van der Waals surface area contributed by atoms with Crippen LogP contribution >= 0.6 is 11.6 Å². The minimum absolute atomic E-state index is 0.501. The molecule has 0 unspecified atom stereocenters. The van der Waals surface area contributed by atoms with Crippen molar-refractivity contribution in [2.75, 3.05) is 0 Å². The van der Waals surface area contributed by atoms with Crippen LogP contribution < -0.4 is 0 Å². The summed E-state index contributed by atoms with van der Waals surface area (Å²) in [6.07, 6.45) is 0. The topological polar surface area (TPSA) is 34.1 Å². The Hall–Kier alpha value is -0.750. The predicted molar refractivity (Wildman–Crippen MR) is 45.1 cm³/mol. The zero-order chi connectivity index (χ0) is 10.9. The Labute approximate surface area is 83.5 Å². The van der Waals surface area contributed by atoms with Gasteiger partial charge in [-0.1, -0.05) is 17.7 Å². The van der Waals surface area contributed by atoms with Gasteiger partial charge in [0, 0.05) is 5.56 Å². The molecule has 1 rings (SSSR count). The summed E-state index contributed by atoms with van der Waals surface area (Å²) < 4.78 is 58.1. The van der Waals surface area contributed by atoms with E-state index >= 15 is 0 Å². The third-order valence-corrected chi connectivity index (χ3v) is 2.45. The molecule has 0 aromatic heterocycles. The normalized spacial score (nSPS) is 11.7. The minimum Gasteiger partial charge on any atom is -0.205 e. The van der Waals surface area contributed by atoms with E-state index in [0.717, 1.165) is 12.1 Å². The maximum atomic E-state index is 13.0. The molecule has 0 aliphatic carbocycles. The van der Waals surface area contributed by atoms with Gasteiger partial charge in [0.25, 0.3) is 0 Å². The molecule has 14 heavy (non-hydrogen) atoms. The molecule has 0 saturated carbocycles. The molecule has 0 aliphatic rings. The van der Waals surface area contributed by atoms with Crippen LogP contribution in [0.4, 0.5) is 12.7 Å². The summed E-state index contributed by atoms with van der Waals surface area (Å²) in [6, 6.07) is 1.60. The quantitative estimate of drug-likeness (QED) is 0.591. The first-order chi connectivity index (χ1) is 6.31. The van der Waals surface area contributed by atoms with Gasteiger partial charge >= 0.3 is 10.2 Å². The van der Waals surface area contributed by atoms with Crippen LogP contribution in [0.5, 0.6) is 0 Å². The maximum absolute atomic E-state index is 13.0. The van der Waals surface area contributed by atoms with Gasteiger partial charge in [-0.05, 0) is 6.07 Å². The average molecular weight is 245 g/mol. The summed E-state index contributed by atoms with van der Waals surface area (Å²) in [7, 11) is -4.85. The van der Waals surface area contributed by atoms with Gasteiger partial charge in [0.05, 0.1) is 0 Å². The smallest absolute Gasteiger partial charge is 0.205 e. The van der Waals surface area contributed by atoms with E-state index in [1.807, 2.05) is 0 Å². The lowest BCUT2D eigenvalue weighted by atomic mass is 10.2. The van der Waals surface area contributed by atoms with Crippen molar-refractivity contribution in [3.63, 3.8) is 0 Å². The summed E-state index contributed by atoms with van der Waals surface area (Å²) in [6.45, 7) is 0. The van der Waals surface area contributed by atoms with Gasteiger partial charge in [-0.15, -0.1) is 3.89 Å². The second kappa shape index (κ2) is 3.78. The maximum Gasteiger partial charge on any atom is 0.306 e. The molecule has 0 saturated heterocycles. The molecule has 0 fully saturated rings. The third-order valence-electron chi connectivity index (χ3n) is 1.44. The van der Waals surface area contributed by atoms with Gasteiger partial charge < -0.3 is 0 Å². The highest BCUT2D eigenvalue weighted by molar-refractivity contribution is 7.85. The van der Waals surface area contributed by atoms with Crippen LogP contribution in [-0.2, 0) is 16.0 Å². The first-order valence-corrected chi connectivity index (χ1v) is 5.29. The Morgan fingerprint density at radius 3 is 2.36 bits per heavy atom. The molecule has 2 nitrogen and oxygen atoms in total. The monoisotopic (exact) mass is 244 g/mol. The lowest BCUT2D eigenvalue weighted by Crippen LogP contribution is -2.00. The Morgan fingerprint density at radius 2 is 1.86 bits per heavy atom. The molecular weight excluding hydrogens is 241 g/mol. The molecule has 0 amide bonds. The molecule has 0 radical (unpaired) electrons. The fraction of sp³-hybridized carbons (Fsp3) is 0.143. The van der Waals surface area contributed by atoms with Crippen molar-refractivity contribution in [3.8, 4) is 0 Å². The van der Waals surface area contributed by atoms with Gasteiger partial charge in [-0.25, -0.2) is 8.78 Å². The Morgan fingerprint density at radius 1 is 1.29 bits per heavy atom. The van der Waals surface area contributed by atoms with E-state index in [2.05, 4.69) is 0 Å². The highest BCUT2D eigenvalue weighted by Gasteiger charge is 2.17. The van der Waals surface area contributed by atoms with E-state index in [1.54, 1.807) is 0 Å². The van der Waals surface area contributed by atoms with Crippen molar-refractivity contribution in [1.82, 2.24) is 0 Å². The molecule has 0 heterocycles. The standard InChI is InChI=1S/C7H4ClF3O2S/c8-6-5(9)2-1-4(7(6)10)3-14(11,12)13/h1-2H,3H2. The number of rotatable bonds is 2. The van der Waals surface area contributed by atoms with Crippen molar-refractivity contribution in [1.29, 1.82) is 0 Å². The van der Waals surface area contributed by atoms with Crippen LogP contribution in [0.15, 0.2) is 12.1 Å². The van der Waals surface area contributed by atoms with E-state index in [1.165, 1.54) is 0 Å². The molecule has 0 atom stereocenters. The Balaban J connectivity index is 3.19. The first kappa shape index (κ1) is 11.3. The van der Waals surface area contributed by atoms with E-state index in [-0.39, 0.29) is 0 Å². The molecule has 0 aliphatic heterocycles. The molecule has 1 aromatic carbocycles. The highest BCUT2D eigenvalue weighted by Crippen LogP contribution is 2.23. The molecule has 0 spiro atoms. The van der Waals surface area contributed by atoms with Crippen LogP contribution in [0.25, 0.3) is 0 Å². The summed E-state index contributed by atoms with van der Waals surface area (Å²) in [4.78, 5) is 0. The number of halogens is 4. The molecule has 0 N–H and O–H groups in total. The van der Waals surface area contributed by atoms with Gasteiger partial charge in [0.1, 0.15) is 22.4 Å². The zero-order valence-corrected chi connectivity index (χ0v) is 8.17. The Kier molecular flexibility index (Phi) is 3.06. The van der Waals surface area contributed by atoms with Crippen molar-refractivity contribution in [3.05, 3.63) is 34.4 Å². The van der Waals surface area contributed by atoms with E-state index < -0.39 is 38.2 Å². The van der Waals surface area contributed by atoms with Crippen molar-refractivity contribution < 1.29 is 21.1 Å². The molecular formula is C7H4ClF3O2S. The summed E-state index contributed by atoms with van der Waals surface area (Å²) in [5.74, 6) is -3.43. The van der Waals surface area contributed by atoms with E-state index in [9.17, 15) is 21.1 Å². The summed E-state index contributed by atoms with van der Waals surface area (Å²) in [5.41, 5.74) is -0.501. The predicted octanol–water partition coefficient (Wildman–Crippen LogP) is 2.42. The molecule has 0 bridgehead atoms. The highest BCUT2D eigenvalue weighted by atomic mass is 35.5. The lowest BCUT2D eigenvalue weighted by molar-refractivity contribution is 0.544. The van der Waals surface area contributed by atoms with Crippen LogP contribution in [0.3, 0.4) is 0 Å². The zero-order valence-electron chi connectivity index (χ0n) is 6.60. The first-order valence-electron chi connectivity index (χ1n) is 3.36. The molecule has 7 heteroatoms. The number of hydrogen-bond donors (Lipinski definition) is 0. The second-order valence-corrected chi connectivity index (χ2v) is 4.26. The Bertz CT molecular complexity index is 458. The second-order valence-electron chi connectivity index (χ2n) is 2.52. The third kappa shape index (κ3) is 2.62. The van der Waals surface area contributed by atoms with Crippen molar-refractivity contribution in [2.24, 2.45) is 0 Å². The summed E-state index contributed by atoms with van der Waals surface area (Å²) in [5, 5.41) is -0.842. The average Bonchev–Trinajstić information content (AvgIpc) is 2.04.